The Morgan fingerprint density at radius 2 is 2.46 bits per heavy atom. The van der Waals surface area contributed by atoms with Gasteiger partial charge < -0.3 is 16.2 Å². The number of aliphatic hydroxyl groups is 1. The van der Waals surface area contributed by atoms with E-state index in [4.69, 9.17) is 5.73 Å². The van der Waals surface area contributed by atoms with E-state index in [0.717, 1.165) is 17.9 Å². The van der Waals surface area contributed by atoms with Crippen LogP contribution in [0.1, 0.15) is 6.42 Å². The second-order valence-corrected chi connectivity index (χ2v) is 4.09. The average Bonchev–Trinajstić information content (AvgIpc) is 2.49. The van der Waals surface area contributed by atoms with E-state index in [2.05, 4.69) is 10.3 Å². The molecule has 1 aliphatic heterocycles. The molecule has 1 aliphatic rings. The lowest BCUT2D eigenvalue weighted by Crippen LogP contribution is -2.45. The van der Waals surface area contributed by atoms with Crippen LogP contribution in [0.3, 0.4) is 0 Å². The van der Waals surface area contributed by atoms with Gasteiger partial charge in [0.15, 0.2) is 5.96 Å². The summed E-state index contributed by atoms with van der Waals surface area (Å²) >= 11 is 1.77. The molecular weight excluding hydrogens is 301 g/mol. The maximum atomic E-state index is 9.84. The lowest BCUT2D eigenvalue weighted by atomic mass is 10.0. The molecule has 4 nitrogen and oxygen atoms in total. The fourth-order valence-electron chi connectivity index (χ4n) is 1.07. The maximum Gasteiger partial charge on any atom is 0.188 e. The first-order chi connectivity index (χ1) is 5.66. The van der Waals surface area contributed by atoms with Crippen LogP contribution in [0.4, 0.5) is 0 Å². The van der Waals surface area contributed by atoms with Gasteiger partial charge in [0.05, 0.1) is 5.60 Å². The molecule has 0 saturated carbocycles. The van der Waals surface area contributed by atoms with Gasteiger partial charge >= 0.3 is 0 Å². The number of nitrogens with one attached hydrogen (secondary N) is 1. The van der Waals surface area contributed by atoms with E-state index >= 15 is 0 Å². The van der Waals surface area contributed by atoms with Crippen LogP contribution >= 0.6 is 35.7 Å². The summed E-state index contributed by atoms with van der Waals surface area (Å²) in [5.41, 5.74) is 4.85. The molecule has 0 aromatic heterocycles. The van der Waals surface area contributed by atoms with Gasteiger partial charge in [-0.15, -0.1) is 24.0 Å². The molecule has 1 heterocycles. The molecular formula is C7H16IN3OS. The predicted octanol–water partition coefficient (Wildman–Crippen LogP) is 0.00650. The number of nitrogens with two attached hydrogens (primary N) is 1. The van der Waals surface area contributed by atoms with Crippen LogP contribution in [0.15, 0.2) is 4.99 Å². The van der Waals surface area contributed by atoms with Crippen molar-refractivity contribution in [3.8, 4) is 0 Å². The van der Waals surface area contributed by atoms with Crippen molar-refractivity contribution in [3.63, 3.8) is 0 Å². The number of hydrogen-bond acceptors (Lipinski definition) is 3. The van der Waals surface area contributed by atoms with Crippen LogP contribution in [0.25, 0.3) is 0 Å². The minimum Gasteiger partial charge on any atom is -0.387 e. The molecule has 1 saturated heterocycles. The first-order valence-electron chi connectivity index (χ1n) is 3.92. The lowest BCUT2D eigenvalue weighted by molar-refractivity contribution is 0.0726. The first-order valence-corrected chi connectivity index (χ1v) is 5.08. The minimum atomic E-state index is -0.583. The summed E-state index contributed by atoms with van der Waals surface area (Å²) in [6.07, 6.45) is 0.835. The molecule has 1 atom stereocenters. The quantitative estimate of drug-likeness (QED) is 0.381. The number of nitrogens with zero attached hydrogens (tertiary/aromatic N) is 1. The van der Waals surface area contributed by atoms with E-state index in [0.29, 0.717) is 12.5 Å². The summed E-state index contributed by atoms with van der Waals surface area (Å²) in [5.74, 6) is 2.21. The van der Waals surface area contributed by atoms with Crippen molar-refractivity contribution < 1.29 is 5.11 Å². The molecule has 0 spiro atoms. The highest BCUT2D eigenvalue weighted by Gasteiger charge is 2.31. The van der Waals surface area contributed by atoms with E-state index in [1.807, 2.05) is 0 Å². The van der Waals surface area contributed by atoms with E-state index < -0.39 is 5.60 Å². The Bertz CT molecular complexity index is 183. The molecule has 4 N–H and O–H groups in total. The number of halogens is 1. The highest BCUT2D eigenvalue weighted by Crippen LogP contribution is 2.26. The number of hydrogen-bond donors (Lipinski definition) is 3. The van der Waals surface area contributed by atoms with Crippen LogP contribution < -0.4 is 11.1 Å². The number of thioether (sulfide) groups is 1. The van der Waals surface area contributed by atoms with Crippen molar-refractivity contribution in [2.75, 3.05) is 25.1 Å². The molecule has 0 radical (unpaired) electrons. The van der Waals surface area contributed by atoms with Gasteiger partial charge in [-0.05, 0) is 12.2 Å². The van der Waals surface area contributed by atoms with Crippen molar-refractivity contribution in [2.24, 2.45) is 10.7 Å². The fourth-order valence-corrected chi connectivity index (χ4v) is 2.37. The molecule has 13 heavy (non-hydrogen) atoms. The Hall–Kier alpha value is 0.310. The third kappa shape index (κ3) is 4.37. The fraction of sp³-hybridized carbons (Fsp3) is 0.857. The van der Waals surface area contributed by atoms with Crippen molar-refractivity contribution in [3.05, 3.63) is 0 Å². The summed E-state index contributed by atoms with van der Waals surface area (Å²) in [4.78, 5) is 3.75. The third-order valence-electron chi connectivity index (χ3n) is 1.92. The van der Waals surface area contributed by atoms with E-state index in [1.165, 1.54) is 0 Å². The maximum absolute atomic E-state index is 9.84. The van der Waals surface area contributed by atoms with Gasteiger partial charge in [0.1, 0.15) is 0 Å². The third-order valence-corrected chi connectivity index (χ3v) is 3.16. The van der Waals surface area contributed by atoms with Crippen molar-refractivity contribution >= 4 is 41.7 Å². The highest BCUT2D eigenvalue weighted by atomic mass is 127. The monoisotopic (exact) mass is 317 g/mol. The number of rotatable bonds is 2. The molecule has 1 rings (SSSR count). The van der Waals surface area contributed by atoms with Gasteiger partial charge in [-0.25, -0.2) is 0 Å². The molecule has 78 valence electrons. The Balaban J connectivity index is 0.00000144. The summed E-state index contributed by atoms with van der Waals surface area (Å²) < 4.78 is 0. The Morgan fingerprint density at radius 3 is 2.92 bits per heavy atom. The summed E-state index contributed by atoms with van der Waals surface area (Å²) in [7, 11) is 1.62. The van der Waals surface area contributed by atoms with E-state index in [-0.39, 0.29) is 24.0 Å². The topological polar surface area (TPSA) is 70.6 Å². The van der Waals surface area contributed by atoms with Crippen LogP contribution in [0.2, 0.25) is 0 Å². The van der Waals surface area contributed by atoms with Crippen LogP contribution in [-0.4, -0.2) is 41.8 Å². The molecule has 1 fully saturated rings. The standard InChI is InChI=1S/C7H15N3OS.HI/c1-9-6(8)10-4-7(11)2-3-12-5-7;/h11H,2-5H2,1H3,(H3,8,9,10);1H. The Kier molecular flexibility index (Phi) is 6.06. The smallest absolute Gasteiger partial charge is 0.188 e. The highest BCUT2D eigenvalue weighted by molar-refractivity contribution is 14.0. The van der Waals surface area contributed by atoms with E-state index in [1.54, 1.807) is 18.8 Å². The first kappa shape index (κ1) is 13.3. The molecule has 6 heteroatoms. The summed E-state index contributed by atoms with van der Waals surface area (Å²) in [5, 5.41) is 12.7. The van der Waals surface area contributed by atoms with E-state index in [9.17, 15) is 5.11 Å². The molecule has 0 aliphatic carbocycles. The number of aliphatic imine (C=N–C) groups is 1. The SMILES string of the molecule is CN=C(N)NCC1(O)CCSC1.I. The summed E-state index contributed by atoms with van der Waals surface area (Å²) in [6.45, 7) is 0.503. The van der Waals surface area contributed by atoms with Gasteiger partial charge in [0.25, 0.3) is 0 Å². The van der Waals surface area contributed by atoms with Crippen LogP contribution in [0, 0.1) is 0 Å². The average molecular weight is 317 g/mol. The van der Waals surface area contributed by atoms with Gasteiger partial charge in [-0.3, -0.25) is 4.99 Å². The van der Waals surface area contributed by atoms with Gasteiger partial charge in [0, 0.05) is 19.3 Å². The molecule has 0 aromatic carbocycles. The van der Waals surface area contributed by atoms with Crippen LogP contribution in [0.5, 0.6) is 0 Å². The molecule has 0 amide bonds. The number of guanidine groups is 1. The Labute approximate surface area is 99.8 Å². The van der Waals surface area contributed by atoms with Crippen LogP contribution in [-0.2, 0) is 0 Å². The van der Waals surface area contributed by atoms with Crippen molar-refractivity contribution in [1.82, 2.24) is 5.32 Å². The Morgan fingerprint density at radius 1 is 1.77 bits per heavy atom. The van der Waals surface area contributed by atoms with Gasteiger partial charge in [0.2, 0.25) is 0 Å². The minimum absolute atomic E-state index is 0. The van der Waals surface area contributed by atoms with Crippen molar-refractivity contribution in [2.45, 2.75) is 12.0 Å². The molecule has 1 unspecified atom stereocenters. The normalized spacial score (nSPS) is 28.3. The zero-order chi connectivity index (χ0) is 9.03. The second kappa shape index (κ2) is 5.92. The molecule has 0 bridgehead atoms. The zero-order valence-corrected chi connectivity index (χ0v) is 10.8. The predicted molar refractivity (Wildman–Crippen MR) is 67.9 cm³/mol. The zero-order valence-electron chi connectivity index (χ0n) is 7.62. The lowest BCUT2D eigenvalue weighted by Gasteiger charge is -2.21. The van der Waals surface area contributed by atoms with Crippen molar-refractivity contribution in [1.29, 1.82) is 0 Å². The summed E-state index contributed by atoms with van der Waals surface area (Å²) in [6, 6.07) is 0. The van der Waals surface area contributed by atoms with Gasteiger partial charge in [-0.2, -0.15) is 11.8 Å². The largest absolute Gasteiger partial charge is 0.387 e. The second-order valence-electron chi connectivity index (χ2n) is 2.99. The molecule has 0 aromatic rings. The van der Waals surface area contributed by atoms with Gasteiger partial charge in [-0.1, -0.05) is 0 Å².